The number of aryl methyl sites for hydroxylation is 1. The molecule has 1 aromatic rings. The third-order valence-electron chi connectivity index (χ3n) is 3.95. The second kappa shape index (κ2) is 7.09. The van der Waals surface area contributed by atoms with Crippen LogP contribution in [0.3, 0.4) is 0 Å². The second-order valence-corrected chi connectivity index (χ2v) is 6.14. The molecule has 1 aliphatic rings. The zero-order valence-electron chi connectivity index (χ0n) is 11.9. The van der Waals surface area contributed by atoms with Gasteiger partial charge in [-0.3, -0.25) is 4.79 Å². The van der Waals surface area contributed by atoms with Gasteiger partial charge in [-0.25, -0.2) is 0 Å². The molecule has 0 amide bonds. The van der Waals surface area contributed by atoms with E-state index in [4.69, 9.17) is 16.7 Å². The number of benzene rings is 1. The first kappa shape index (κ1) is 15.3. The van der Waals surface area contributed by atoms with E-state index in [9.17, 15) is 4.79 Å². The number of rotatable bonds is 6. The third-order valence-corrected chi connectivity index (χ3v) is 4.38. The molecule has 1 atom stereocenters. The summed E-state index contributed by atoms with van der Waals surface area (Å²) < 4.78 is 0. The number of hydrogen-bond acceptors (Lipinski definition) is 2. The Hall–Kier alpha value is -1.06. The van der Waals surface area contributed by atoms with Gasteiger partial charge < -0.3 is 10.4 Å². The Kier molecular flexibility index (Phi) is 5.44. The topological polar surface area (TPSA) is 49.3 Å². The molecule has 0 saturated heterocycles. The predicted octanol–water partition coefficient (Wildman–Crippen LogP) is 3.57. The number of nitrogens with one attached hydrogen (secondary N) is 1. The summed E-state index contributed by atoms with van der Waals surface area (Å²) in [4.78, 5) is 11.0. The first-order valence-electron chi connectivity index (χ1n) is 7.27. The number of halogens is 1. The van der Waals surface area contributed by atoms with E-state index in [1.165, 1.54) is 12.8 Å². The Morgan fingerprint density at radius 3 is 2.75 bits per heavy atom. The van der Waals surface area contributed by atoms with Crippen LogP contribution in [0.25, 0.3) is 0 Å². The Labute approximate surface area is 125 Å². The second-order valence-electron chi connectivity index (χ2n) is 5.73. The summed E-state index contributed by atoms with van der Waals surface area (Å²) in [6, 6.07) is 6.40. The van der Waals surface area contributed by atoms with Crippen molar-refractivity contribution in [3.8, 4) is 0 Å². The maximum absolute atomic E-state index is 11.0. The highest BCUT2D eigenvalue weighted by Gasteiger charge is 2.21. The zero-order chi connectivity index (χ0) is 14.5. The van der Waals surface area contributed by atoms with Crippen LogP contribution in [-0.2, 0) is 11.2 Å². The van der Waals surface area contributed by atoms with Crippen molar-refractivity contribution in [3.63, 3.8) is 0 Å². The molecular weight excluding hydrogens is 274 g/mol. The van der Waals surface area contributed by atoms with Gasteiger partial charge in [0.05, 0.1) is 6.42 Å². The van der Waals surface area contributed by atoms with Gasteiger partial charge in [0.1, 0.15) is 0 Å². The molecule has 0 aromatic heterocycles. The highest BCUT2D eigenvalue weighted by atomic mass is 35.5. The minimum atomic E-state index is -0.744. The van der Waals surface area contributed by atoms with Crippen molar-refractivity contribution < 1.29 is 9.90 Å². The Balaban J connectivity index is 2.01. The standard InChI is InChI=1S/C16H22ClNO2/c1-11-8-12(6-7-15(11)17)9-14(10-16(19)20)18-13-4-2-3-5-13/h6-8,13-14,18H,2-5,9-10H2,1H3,(H,19,20). The van der Waals surface area contributed by atoms with Gasteiger partial charge in [0.25, 0.3) is 0 Å². The molecule has 2 N–H and O–H groups in total. The molecule has 1 unspecified atom stereocenters. The molecule has 0 bridgehead atoms. The van der Waals surface area contributed by atoms with E-state index in [1.54, 1.807) is 0 Å². The van der Waals surface area contributed by atoms with Crippen molar-refractivity contribution in [1.82, 2.24) is 5.32 Å². The molecule has 1 fully saturated rings. The molecule has 1 aliphatic carbocycles. The van der Waals surface area contributed by atoms with E-state index in [1.807, 2.05) is 25.1 Å². The van der Waals surface area contributed by atoms with Crippen LogP contribution in [-0.4, -0.2) is 23.2 Å². The van der Waals surface area contributed by atoms with Gasteiger partial charge in [0.15, 0.2) is 0 Å². The van der Waals surface area contributed by atoms with Crippen LogP contribution in [0.5, 0.6) is 0 Å². The first-order valence-corrected chi connectivity index (χ1v) is 7.65. The van der Waals surface area contributed by atoms with E-state index < -0.39 is 5.97 Å². The molecule has 1 saturated carbocycles. The molecule has 0 spiro atoms. The monoisotopic (exact) mass is 295 g/mol. The molecule has 0 radical (unpaired) electrons. The van der Waals surface area contributed by atoms with Gasteiger partial charge in [-0.05, 0) is 43.4 Å². The first-order chi connectivity index (χ1) is 9.54. The van der Waals surface area contributed by atoms with Crippen LogP contribution >= 0.6 is 11.6 Å². The lowest BCUT2D eigenvalue weighted by atomic mass is 10.0. The maximum Gasteiger partial charge on any atom is 0.304 e. The average Bonchev–Trinajstić information content (AvgIpc) is 2.86. The lowest BCUT2D eigenvalue weighted by Gasteiger charge is -2.22. The van der Waals surface area contributed by atoms with Gasteiger partial charge in [-0.15, -0.1) is 0 Å². The smallest absolute Gasteiger partial charge is 0.304 e. The van der Waals surface area contributed by atoms with E-state index in [0.717, 1.165) is 35.4 Å². The van der Waals surface area contributed by atoms with Crippen molar-refractivity contribution in [3.05, 3.63) is 34.3 Å². The lowest BCUT2D eigenvalue weighted by molar-refractivity contribution is -0.137. The van der Waals surface area contributed by atoms with Gasteiger partial charge in [0.2, 0.25) is 0 Å². The summed E-state index contributed by atoms with van der Waals surface area (Å²) in [5.41, 5.74) is 2.18. The summed E-state index contributed by atoms with van der Waals surface area (Å²) in [5, 5.41) is 13.3. The number of carbonyl (C=O) groups is 1. The van der Waals surface area contributed by atoms with Crippen LogP contribution < -0.4 is 5.32 Å². The number of hydrogen-bond donors (Lipinski definition) is 2. The van der Waals surface area contributed by atoms with Gasteiger partial charge in [-0.2, -0.15) is 0 Å². The summed E-state index contributed by atoms with van der Waals surface area (Å²) in [6.07, 6.45) is 5.72. The van der Waals surface area contributed by atoms with Crippen molar-refractivity contribution in [1.29, 1.82) is 0 Å². The van der Waals surface area contributed by atoms with E-state index in [2.05, 4.69) is 5.32 Å². The predicted molar refractivity (Wildman–Crippen MR) is 81.3 cm³/mol. The molecule has 110 valence electrons. The van der Waals surface area contributed by atoms with E-state index in [-0.39, 0.29) is 12.5 Å². The van der Waals surface area contributed by atoms with Crippen LogP contribution in [0.1, 0.15) is 43.2 Å². The van der Waals surface area contributed by atoms with Crippen molar-refractivity contribution in [2.24, 2.45) is 0 Å². The SMILES string of the molecule is Cc1cc(CC(CC(=O)O)NC2CCCC2)ccc1Cl. The van der Waals surface area contributed by atoms with Gasteiger partial charge >= 0.3 is 5.97 Å². The summed E-state index contributed by atoms with van der Waals surface area (Å²) in [6.45, 7) is 1.97. The number of carboxylic acids is 1. The largest absolute Gasteiger partial charge is 0.481 e. The van der Waals surface area contributed by atoms with E-state index >= 15 is 0 Å². The Bertz CT molecular complexity index is 470. The fraction of sp³-hybridized carbons (Fsp3) is 0.562. The average molecular weight is 296 g/mol. The van der Waals surface area contributed by atoms with Gasteiger partial charge in [-0.1, -0.05) is 36.6 Å². The molecule has 0 heterocycles. The summed E-state index contributed by atoms with van der Waals surface area (Å²) in [7, 11) is 0. The minimum Gasteiger partial charge on any atom is -0.481 e. The quantitative estimate of drug-likeness (QED) is 0.843. The maximum atomic E-state index is 11.0. The highest BCUT2D eigenvalue weighted by molar-refractivity contribution is 6.31. The molecule has 4 heteroatoms. The number of carboxylic acid groups (broad SMARTS) is 1. The Morgan fingerprint density at radius 1 is 1.45 bits per heavy atom. The Morgan fingerprint density at radius 2 is 2.15 bits per heavy atom. The summed E-state index contributed by atoms with van der Waals surface area (Å²) >= 11 is 6.03. The van der Waals surface area contributed by atoms with Crippen LogP contribution in [0.2, 0.25) is 5.02 Å². The lowest BCUT2D eigenvalue weighted by Crippen LogP contribution is -2.39. The zero-order valence-corrected chi connectivity index (χ0v) is 12.6. The molecular formula is C16H22ClNO2. The molecule has 0 aliphatic heterocycles. The third kappa shape index (κ3) is 4.50. The fourth-order valence-electron chi connectivity index (χ4n) is 2.94. The van der Waals surface area contributed by atoms with Crippen LogP contribution in [0.4, 0.5) is 0 Å². The van der Waals surface area contributed by atoms with Crippen molar-refractivity contribution in [2.75, 3.05) is 0 Å². The minimum absolute atomic E-state index is 0.00354. The molecule has 20 heavy (non-hydrogen) atoms. The van der Waals surface area contributed by atoms with Crippen molar-refractivity contribution >= 4 is 17.6 Å². The molecule has 2 rings (SSSR count). The number of aliphatic carboxylic acids is 1. The van der Waals surface area contributed by atoms with Crippen LogP contribution in [0.15, 0.2) is 18.2 Å². The van der Waals surface area contributed by atoms with Gasteiger partial charge in [0, 0.05) is 17.1 Å². The van der Waals surface area contributed by atoms with E-state index in [0.29, 0.717) is 6.04 Å². The highest BCUT2D eigenvalue weighted by Crippen LogP contribution is 2.21. The molecule has 3 nitrogen and oxygen atoms in total. The molecule has 1 aromatic carbocycles. The summed E-state index contributed by atoms with van der Waals surface area (Å²) in [5.74, 6) is -0.744. The normalized spacial score (nSPS) is 17.3. The fourth-order valence-corrected chi connectivity index (χ4v) is 3.06. The van der Waals surface area contributed by atoms with Crippen molar-refractivity contribution in [2.45, 2.75) is 57.5 Å². The van der Waals surface area contributed by atoms with Crippen LogP contribution in [0, 0.1) is 6.92 Å².